The quantitative estimate of drug-likeness (QED) is 0.401. The highest BCUT2D eigenvalue weighted by Crippen LogP contribution is 2.35. The third-order valence-corrected chi connectivity index (χ3v) is 7.42. The van der Waals surface area contributed by atoms with Crippen molar-refractivity contribution in [3.05, 3.63) is 45.9 Å². The lowest BCUT2D eigenvalue weighted by Gasteiger charge is -2.27. The first-order chi connectivity index (χ1) is 17.3. The van der Waals surface area contributed by atoms with Crippen molar-refractivity contribution in [3.63, 3.8) is 0 Å². The third kappa shape index (κ3) is 6.54. The number of aromatic nitrogens is 3. The number of hydrogen-bond acceptors (Lipinski definition) is 6. The fourth-order valence-electron chi connectivity index (χ4n) is 5.18. The maximum absolute atomic E-state index is 14.7. The van der Waals surface area contributed by atoms with Crippen LogP contribution in [0.1, 0.15) is 86.9 Å². The number of rotatable bonds is 8. The van der Waals surface area contributed by atoms with E-state index < -0.39 is 23.8 Å². The van der Waals surface area contributed by atoms with Crippen LogP contribution in [-0.4, -0.2) is 33.9 Å². The number of halogens is 4. The zero-order chi connectivity index (χ0) is 25.7. The second kappa shape index (κ2) is 12.3. The topological polar surface area (TPSA) is 77.0 Å². The molecule has 1 aliphatic carbocycles. The first-order valence-electron chi connectivity index (χ1n) is 12.7. The van der Waals surface area contributed by atoms with Crippen LogP contribution in [0.3, 0.4) is 0 Å². The molecule has 2 aromatic rings. The van der Waals surface area contributed by atoms with E-state index in [1.807, 2.05) is 0 Å². The summed E-state index contributed by atoms with van der Waals surface area (Å²) in [7, 11) is 0. The van der Waals surface area contributed by atoms with Crippen LogP contribution >= 0.6 is 11.6 Å². The second-order valence-corrected chi connectivity index (χ2v) is 10.1. The Morgan fingerprint density at radius 3 is 2.86 bits per heavy atom. The Bertz CT molecular complexity index is 1060. The number of nitrogens with zero attached hydrogens (tertiary/aromatic N) is 3. The zero-order valence-electron chi connectivity index (χ0n) is 20.4. The van der Waals surface area contributed by atoms with Crippen LogP contribution in [0.5, 0.6) is 0 Å². The van der Waals surface area contributed by atoms with Crippen molar-refractivity contribution in [2.75, 3.05) is 18.5 Å². The van der Waals surface area contributed by atoms with Gasteiger partial charge in [0.1, 0.15) is 11.6 Å². The number of hydrogen-bond donors (Lipinski definition) is 1. The largest absolute Gasteiger partial charge is 0.381 e. The highest BCUT2D eigenvalue weighted by molar-refractivity contribution is 6.28. The summed E-state index contributed by atoms with van der Waals surface area (Å²) < 4.78 is 46.5. The highest BCUT2D eigenvalue weighted by Gasteiger charge is 2.28. The number of Topliss-reactive ketones (excluding diaryl/α,β-unsaturated/α-hetero) is 1. The van der Waals surface area contributed by atoms with E-state index >= 15 is 0 Å². The number of pyridine rings is 1. The lowest BCUT2D eigenvalue weighted by molar-refractivity contribution is -0.124. The number of ether oxygens (including phenoxy) is 1. The molecule has 1 saturated heterocycles. The summed E-state index contributed by atoms with van der Waals surface area (Å²) in [6.45, 7) is 3.07. The van der Waals surface area contributed by atoms with Crippen LogP contribution in [0.2, 0.25) is 5.28 Å². The molecule has 3 atom stereocenters. The Morgan fingerprint density at radius 1 is 1.22 bits per heavy atom. The van der Waals surface area contributed by atoms with Crippen molar-refractivity contribution in [1.29, 1.82) is 0 Å². The van der Waals surface area contributed by atoms with Crippen LogP contribution in [0.25, 0.3) is 0 Å². The van der Waals surface area contributed by atoms with Gasteiger partial charge in [0, 0.05) is 37.3 Å². The Hall–Kier alpha value is -2.26. The molecule has 2 aliphatic rings. The minimum absolute atomic E-state index is 0.0679. The number of carbonyl (C=O) groups excluding carboxylic acids is 1. The zero-order valence-corrected chi connectivity index (χ0v) is 21.2. The summed E-state index contributed by atoms with van der Waals surface area (Å²) in [5.74, 6) is 0.0923. The normalized spacial score (nSPS) is 21.4. The molecule has 4 rings (SSSR count). The number of aryl methyl sites for hydroxylation is 1. The summed E-state index contributed by atoms with van der Waals surface area (Å²) in [6, 6.07) is 0.261. The lowest BCUT2D eigenvalue weighted by atomic mass is 9.82. The fraction of sp³-hybridized carbons (Fsp3) is 0.615. The van der Waals surface area contributed by atoms with E-state index in [1.165, 1.54) is 6.20 Å². The molecule has 0 radical (unpaired) electrons. The van der Waals surface area contributed by atoms with Gasteiger partial charge < -0.3 is 10.1 Å². The number of fused-ring (bicyclic) bond motifs is 1. The molecular weight excluding hydrogens is 493 g/mol. The average molecular weight is 525 g/mol. The van der Waals surface area contributed by atoms with E-state index in [9.17, 15) is 18.0 Å². The number of carbonyl (C=O) groups is 1. The molecule has 1 N–H and O–H groups in total. The number of anilines is 1. The van der Waals surface area contributed by atoms with Crippen LogP contribution in [0, 0.1) is 17.7 Å². The molecular formula is C26H32ClF3N4O2. The monoisotopic (exact) mass is 524 g/mol. The standard InChI is InChI=1S/C26H32ClF3N4O2/c1-15(23-22(28)18(24(29)30)9-11-31-23)32-25-19-14-16(5-7-20(19)33-26(27)34-25)6-8-21(35)17-4-2-3-12-36-13-10-17/h9,11,15-17,24H,2-8,10,12-14H2,1H3,(H,32,33,34). The van der Waals surface area contributed by atoms with Crippen LogP contribution in [-0.2, 0) is 22.4 Å². The molecule has 6 nitrogen and oxygen atoms in total. The summed E-state index contributed by atoms with van der Waals surface area (Å²) in [5.41, 5.74) is 0.897. The Labute approximate surface area is 214 Å². The predicted octanol–water partition coefficient (Wildman–Crippen LogP) is 6.44. The SMILES string of the molecule is CC(Nc1nc(Cl)nc2c1CC(CCC(=O)C1CCCCOCC1)CC2)c1nccc(C(F)F)c1F. The van der Waals surface area contributed by atoms with Crippen molar-refractivity contribution in [2.45, 2.75) is 77.2 Å². The van der Waals surface area contributed by atoms with E-state index in [0.717, 1.165) is 62.5 Å². The van der Waals surface area contributed by atoms with Gasteiger partial charge in [-0.05, 0) is 75.5 Å². The number of nitrogens with one attached hydrogen (secondary N) is 1. The van der Waals surface area contributed by atoms with Crippen LogP contribution in [0.15, 0.2) is 12.3 Å². The molecule has 0 aromatic carbocycles. The third-order valence-electron chi connectivity index (χ3n) is 7.25. The van der Waals surface area contributed by atoms with Gasteiger partial charge in [0.2, 0.25) is 5.28 Å². The van der Waals surface area contributed by atoms with Crippen molar-refractivity contribution in [1.82, 2.24) is 15.0 Å². The molecule has 1 fully saturated rings. The average Bonchev–Trinajstić information content (AvgIpc) is 2.82. The smallest absolute Gasteiger partial charge is 0.266 e. The van der Waals surface area contributed by atoms with Crippen LogP contribution < -0.4 is 5.32 Å². The molecule has 0 bridgehead atoms. The minimum atomic E-state index is -2.93. The molecule has 0 saturated carbocycles. The molecule has 0 spiro atoms. The molecule has 10 heteroatoms. The molecule has 3 unspecified atom stereocenters. The first kappa shape index (κ1) is 26.8. The van der Waals surface area contributed by atoms with E-state index in [4.69, 9.17) is 16.3 Å². The number of ketones is 1. The first-order valence-corrected chi connectivity index (χ1v) is 13.1. The predicted molar refractivity (Wildman–Crippen MR) is 131 cm³/mol. The Balaban J connectivity index is 1.44. The van der Waals surface area contributed by atoms with Gasteiger partial charge in [-0.3, -0.25) is 9.78 Å². The van der Waals surface area contributed by atoms with Crippen molar-refractivity contribution < 1.29 is 22.7 Å². The van der Waals surface area contributed by atoms with Gasteiger partial charge in [-0.1, -0.05) is 6.42 Å². The summed E-state index contributed by atoms with van der Waals surface area (Å²) in [5, 5.41) is 3.19. The van der Waals surface area contributed by atoms with Crippen molar-refractivity contribution >= 4 is 23.2 Å². The molecule has 3 heterocycles. The maximum Gasteiger partial charge on any atom is 0.266 e. The minimum Gasteiger partial charge on any atom is -0.381 e. The van der Waals surface area contributed by atoms with Gasteiger partial charge in [0.25, 0.3) is 6.43 Å². The highest BCUT2D eigenvalue weighted by atomic mass is 35.5. The van der Waals surface area contributed by atoms with Gasteiger partial charge in [-0.15, -0.1) is 0 Å². The Kier molecular flexibility index (Phi) is 9.17. The number of alkyl halides is 2. The van der Waals surface area contributed by atoms with E-state index in [-0.39, 0.29) is 22.8 Å². The van der Waals surface area contributed by atoms with Gasteiger partial charge in [-0.2, -0.15) is 0 Å². The maximum atomic E-state index is 14.7. The van der Waals surface area contributed by atoms with Gasteiger partial charge in [0.05, 0.1) is 23.0 Å². The fourth-order valence-corrected chi connectivity index (χ4v) is 5.36. The summed E-state index contributed by atoms with van der Waals surface area (Å²) in [6.07, 6.45) is 5.57. The summed E-state index contributed by atoms with van der Waals surface area (Å²) >= 11 is 6.15. The van der Waals surface area contributed by atoms with Gasteiger partial charge in [0.15, 0.2) is 5.82 Å². The molecule has 0 amide bonds. The summed E-state index contributed by atoms with van der Waals surface area (Å²) in [4.78, 5) is 25.5. The lowest BCUT2D eigenvalue weighted by Crippen LogP contribution is -2.23. The second-order valence-electron chi connectivity index (χ2n) is 9.74. The van der Waals surface area contributed by atoms with E-state index in [2.05, 4.69) is 20.3 Å². The van der Waals surface area contributed by atoms with Crippen LogP contribution in [0.4, 0.5) is 19.0 Å². The van der Waals surface area contributed by atoms with E-state index in [0.29, 0.717) is 37.5 Å². The molecule has 1 aliphatic heterocycles. The van der Waals surface area contributed by atoms with E-state index in [1.54, 1.807) is 6.92 Å². The van der Waals surface area contributed by atoms with Crippen molar-refractivity contribution in [2.24, 2.45) is 11.8 Å². The van der Waals surface area contributed by atoms with Crippen molar-refractivity contribution in [3.8, 4) is 0 Å². The molecule has 36 heavy (non-hydrogen) atoms. The Morgan fingerprint density at radius 2 is 2.06 bits per heavy atom. The van der Waals surface area contributed by atoms with Gasteiger partial charge in [-0.25, -0.2) is 23.1 Å². The van der Waals surface area contributed by atoms with Gasteiger partial charge >= 0.3 is 0 Å². The molecule has 196 valence electrons. The molecule has 2 aromatic heterocycles.